The third-order valence-electron chi connectivity index (χ3n) is 3.40. The molecule has 1 aliphatic carbocycles. The van der Waals surface area contributed by atoms with Crippen LogP contribution in [0.1, 0.15) is 22.4 Å². The van der Waals surface area contributed by atoms with Crippen LogP contribution in [0, 0.1) is 0 Å². The minimum absolute atomic E-state index is 0.968. The van der Waals surface area contributed by atoms with Gasteiger partial charge in [0.2, 0.25) is 0 Å². The van der Waals surface area contributed by atoms with Gasteiger partial charge in [-0.25, -0.2) is 0 Å². The van der Waals surface area contributed by atoms with Crippen molar-refractivity contribution in [3.05, 3.63) is 46.3 Å². The summed E-state index contributed by atoms with van der Waals surface area (Å²) in [6.07, 6.45) is 3.86. The van der Waals surface area contributed by atoms with E-state index in [4.69, 9.17) is 0 Å². The van der Waals surface area contributed by atoms with E-state index in [9.17, 15) is 0 Å². The molecule has 0 amide bonds. The van der Waals surface area contributed by atoms with E-state index in [1.807, 2.05) is 18.4 Å². The predicted octanol–water partition coefficient (Wildman–Crippen LogP) is 3.62. The summed E-state index contributed by atoms with van der Waals surface area (Å²) < 4.78 is 0. The maximum atomic E-state index is 3.20. The van der Waals surface area contributed by atoms with Crippen molar-refractivity contribution in [3.8, 4) is 10.4 Å². The van der Waals surface area contributed by atoms with Crippen LogP contribution in [0.5, 0.6) is 0 Å². The molecule has 0 bridgehead atoms. The number of hydrogen-bond donors (Lipinski definition) is 1. The largest absolute Gasteiger partial charge is 0.315 e. The molecule has 1 aliphatic rings. The van der Waals surface area contributed by atoms with Crippen molar-refractivity contribution in [2.24, 2.45) is 0 Å². The molecule has 2 aromatic rings. The van der Waals surface area contributed by atoms with E-state index in [1.165, 1.54) is 34.6 Å². The van der Waals surface area contributed by atoms with Crippen LogP contribution < -0.4 is 5.32 Å². The second kappa shape index (κ2) is 4.63. The fraction of sp³-hybridized carbons (Fsp3) is 0.333. The molecule has 1 heterocycles. The molecule has 2 heteroatoms. The summed E-state index contributed by atoms with van der Waals surface area (Å²) >= 11 is 1.89. The van der Waals surface area contributed by atoms with Crippen LogP contribution in [-0.4, -0.2) is 7.05 Å². The Bertz CT molecular complexity index is 527. The highest BCUT2D eigenvalue weighted by Gasteiger charge is 2.12. The highest BCUT2D eigenvalue weighted by molar-refractivity contribution is 7.15. The van der Waals surface area contributed by atoms with Gasteiger partial charge in [-0.2, -0.15) is 0 Å². The van der Waals surface area contributed by atoms with E-state index < -0.39 is 0 Å². The Labute approximate surface area is 106 Å². The fourth-order valence-corrected chi connectivity index (χ4v) is 3.54. The average Bonchev–Trinajstić information content (AvgIpc) is 2.96. The molecular formula is C15H17NS. The van der Waals surface area contributed by atoms with Gasteiger partial charge in [-0.05, 0) is 55.1 Å². The Kier molecular flexibility index (Phi) is 3.00. The summed E-state index contributed by atoms with van der Waals surface area (Å²) in [6.45, 7) is 0.968. The number of thiophene rings is 1. The number of aryl methyl sites for hydroxylation is 2. The van der Waals surface area contributed by atoms with Gasteiger partial charge < -0.3 is 5.32 Å². The number of hydrogen-bond acceptors (Lipinski definition) is 2. The lowest BCUT2D eigenvalue weighted by Crippen LogP contribution is -2.02. The topological polar surface area (TPSA) is 12.0 Å². The van der Waals surface area contributed by atoms with Crippen LogP contribution >= 0.6 is 11.3 Å². The Morgan fingerprint density at radius 3 is 2.88 bits per heavy atom. The monoisotopic (exact) mass is 243 g/mol. The molecule has 0 saturated heterocycles. The SMILES string of the molecule is CNCc1ccc(-c2ccc3c(c2)CCC3)s1. The van der Waals surface area contributed by atoms with Crippen LogP contribution in [0.2, 0.25) is 0 Å². The van der Waals surface area contributed by atoms with Crippen LogP contribution in [0.3, 0.4) is 0 Å². The second-order valence-corrected chi connectivity index (χ2v) is 5.80. The summed E-state index contributed by atoms with van der Waals surface area (Å²) in [5.74, 6) is 0. The minimum Gasteiger partial charge on any atom is -0.315 e. The summed E-state index contributed by atoms with van der Waals surface area (Å²) in [4.78, 5) is 2.80. The quantitative estimate of drug-likeness (QED) is 0.868. The van der Waals surface area contributed by atoms with Crippen LogP contribution in [0.25, 0.3) is 10.4 Å². The zero-order valence-electron chi connectivity index (χ0n) is 10.1. The molecule has 0 unspecified atom stereocenters. The average molecular weight is 243 g/mol. The molecule has 0 saturated carbocycles. The molecule has 88 valence electrons. The van der Waals surface area contributed by atoms with E-state index >= 15 is 0 Å². The van der Waals surface area contributed by atoms with Gasteiger partial charge in [-0.15, -0.1) is 11.3 Å². The lowest BCUT2D eigenvalue weighted by Gasteiger charge is -2.02. The van der Waals surface area contributed by atoms with E-state index in [2.05, 4.69) is 35.6 Å². The third-order valence-corrected chi connectivity index (χ3v) is 4.53. The highest BCUT2D eigenvalue weighted by atomic mass is 32.1. The van der Waals surface area contributed by atoms with Gasteiger partial charge in [0.1, 0.15) is 0 Å². The molecule has 0 fully saturated rings. The zero-order chi connectivity index (χ0) is 11.7. The second-order valence-electron chi connectivity index (χ2n) is 4.63. The minimum atomic E-state index is 0.968. The Morgan fingerprint density at radius 2 is 2.00 bits per heavy atom. The molecule has 1 aromatic heterocycles. The van der Waals surface area contributed by atoms with E-state index in [1.54, 1.807) is 11.1 Å². The molecule has 0 spiro atoms. The Morgan fingerprint density at radius 1 is 1.12 bits per heavy atom. The molecule has 0 atom stereocenters. The van der Waals surface area contributed by atoms with E-state index in [0.717, 1.165) is 6.54 Å². The lowest BCUT2D eigenvalue weighted by molar-refractivity contribution is 0.831. The van der Waals surface area contributed by atoms with Crippen LogP contribution in [0.4, 0.5) is 0 Å². The Balaban J connectivity index is 1.92. The summed E-state index contributed by atoms with van der Waals surface area (Å²) in [5.41, 5.74) is 4.50. The van der Waals surface area contributed by atoms with Gasteiger partial charge in [0.05, 0.1) is 0 Å². The zero-order valence-corrected chi connectivity index (χ0v) is 10.9. The number of rotatable bonds is 3. The maximum Gasteiger partial charge on any atom is 0.0346 e. The van der Waals surface area contributed by atoms with Crippen LogP contribution in [0.15, 0.2) is 30.3 Å². The summed E-state index contributed by atoms with van der Waals surface area (Å²) in [7, 11) is 1.99. The molecule has 17 heavy (non-hydrogen) atoms. The smallest absolute Gasteiger partial charge is 0.0346 e. The van der Waals surface area contributed by atoms with E-state index in [-0.39, 0.29) is 0 Å². The van der Waals surface area contributed by atoms with Gasteiger partial charge in [-0.1, -0.05) is 18.2 Å². The lowest BCUT2D eigenvalue weighted by atomic mass is 10.1. The van der Waals surface area contributed by atoms with Gasteiger partial charge in [0.25, 0.3) is 0 Å². The van der Waals surface area contributed by atoms with E-state index in [0.29, 0.717) is 0 Å². The molecule has 1 nitrogen and oxygen atoms in total. The van der Waals surface area contributed by atoms with Crippen molar-refractivity contribution >= 4 is 11.3 Å². The van der Waals surface area contributed by atoms with Gasteiger partial charge in [0.15, 0.2) is 0 Å². The fourth-order valence-electron chi connectivity index (χ4n) is 2.53. The van der Waals surface area contributed by atoms with Crippen LogP contribution in [-0.2, 0) is 19.4 Å². The predicted molar refractivity (Wildman–Crippen MR) is 74.5 cm³/mol. The number of nitrogens with one attached hydrogen (secondary N) is 1. The molecule has 1 aromatic carbocycles. The molecule has 0 aliphatic heterocycles. The first kappa shape index (κ1) is 11.0. The molecule has 1 N–H and O–H groups in total. The van der Waals surface area contributed by atoms with Crippen molar-refractivity contribution < 1.29 is 0 Å². The van der Waals surface area contributed by atoms with Crippen molar-refractivity contribution in [1.82, 2.24) is 5.32 Å². The first-order valence-corrected chi connectivity index (χ1v) is 7.04. The van der Waals surface area contributed by atoms with Gasteiger partial charge >= 0.3 is 0 Å². The van der Waals surface area contributed by atoms with Crippen molar-refractivity contribution in [3.63, 3.8) is 0 Å². The number of benzene rings is 1. The molecule has 0 radical (unpaired) electrons. The molecular weight excluding hydrogens is 226 g/mol. The van der Waals surface area contributed by atoms with Crippen molar-refractivity contribution in [2.45, 2.75) is 25.8 Å². The standard InChI is InChI=1S/C15H17NS/c1-16-10-14-7-8-15(17-14)13-6-5-11-3-2-4-12(11)9-13/h5-9,16H,2-4,10H2,1H3. The Hall–Kier alpha value is -1.12. The maximum absolute atomic E-state index is 3.20. The van der Waals surface area contributed by atoms with Gasteiger partial charge in [-0.3, -0.25) is 0 Å². The first-order valence-electron chi connectivity index (χ1n) is 6.22. The van der Waals surface area contributed by atoms with Crippen molar-refractivity contribution in [1.29, 1.82) is 0 Å². The van der Waals surface area contributed by atoms with Gasteiger partial charge in [0, 0.05) is 16.3 Å². The third kappa shape index (κ3) is 2.15. The van der Waals surface area contributed by atoms with Crippen molar-refractivity contribution in [2.75, 3.05) is 7.05 Å². The molecule has 3 rings (SSSR count). The first-order chi connectivity index (χ1) is 8.36. The highest BCUT2D eigenvalue weighted by Crippen LogP contribution is 2.32. The summed E-state index contributed by atoms with van der Waals surface area (Å²) in [5, 5.41) is 3.20. The normalized spacial score (nSPS) is 13.9. The number of fused-ring (bicyclic) bond motifs is 1. The summed E-state index contributed by atoms with van der Waals surface area (Å²) in [6, 6.07) is 11.4.